The quantitative estimate of drug-likeness (QED) is 0.779. The highest BCUT2D eigenvalue weighted by Gasteiger charge is 2.17. The smallest absolute Gasteiger partial charge is 0.307 e. The van der Waals surface area contributed by atoms with Gasteiger partial charge in [-0.2, -0.15) is 0 Å². The van der Waals surface area contributed by atoms with E-state index < -0.39 is 11.9 Å². The predicted molar refractivity (Wildman–Crippen MR) is 78.3 cm³/mol. The molecule has 0 spiro atoms. The minimum atomic E-state index is -0.786. The van der Waals surface area contributed by atoms with E-state index in [1.54, 1.807) is 6.92 Å². The maximum atomic E-state index is 11.0. The maximum absolute atomic E-state index is 11.0. The highest BCUT2D eigenvalue weighted by molar-refractivity contribution is 6.31. The van der Waals surface area contributed by atoms with E-state index in [0.717, 1.165) is 11.1 Å². The number of carboxylic acid groups (broad SMARTS) is 1. The SMILES string of the molecule is C=C(C)CN(Cc1ccccc1Cl)CC(C)C(=O)O. The van der Waals surface area contributed by atoms with Crippen molar-refractivity contribution in [3.8, 4) is 0 Å². The van der Waals surface area contributed by atoms with Crippen LogP contribution in [0.3, 0.4) is 0 Å². The Kier molecular flexibility index (Phi) is 6.06. The summed E-state index contributed by atoms with van der Waals surface area (Å²) in [6.45, 7) is 9.31. The van der Waals surface area contributed by atoms with Gasteiger partial charge in [0.2, 0.25) is 0 Å². The van der Waals surface area contributed by atoms with Gasteiger partial charge in [-0.1, -0.05) is 48.9 Å². The van der Waals surface area contributed by atoms with Crippen LogP contribution >= 0.6 is 11.6 Å². The zero-order valence-electron chi connectivity index (χ0n) is 11.4. The molecule has 0 bridgehead atoms. The number of benzene rings is 1. The number of halogens is 1. The minimum Gasteiger partial charge on any atom is -0.481 e. The summed E-state index contributed by atoms with van der Waals surface area (Å²) < 4.78 is 0. The minimum absolute atomic E-state index is 0.415. The van der Waals surface area contributed by atoms with E-state index in [-0.39, 0.29) is 0 Å². The van der Waals surface area contributed by atoms with Gasteiger partial charge in [-0.05, 0) is 18.6 Å². The summed E-state index contributed by atoms with van der Waals surface area (Å²) in [6.07, 6.45) is 0. The number of rotatable bonds is 7. The molecule has 3 nitrogen and oxygen atoms in total. The van der Waals surface area contributed by atoms with Crippen LogP contribution in [0.25, 0.3) is 0 Å². The highest BCUT2D eigenvalue weighted by Crippen LogP contribution is 2.18. The Balaban J connectivity index is 2.77. The second-order valence-corrected chi connectivity index (χ2v) is 5.36. The van der Waals surface area contributed by atoms with Crippen LogP contribution in [-0.2, 0) is 11.3 Å². The van der Waals surface area contributed by atoms with Crippen LogP contribution in [0.1, 0.15) is 19.4 Å². The van der Waals surface area contributed by atoms with E-state index >= 15 is 0 Å². The van der Waals surface area contributed by atoms with Gasteiger partial charge in [0.05, 0.1) is 5.92 Å². The maximum Gasteiger partial charge on any atom is 0.307 e. The third kappa shape index (κ3) is 5.45. The predicted octanol–water partition coefficient (Wildman–Crippen LogP) is 3.44. The number of hydrogen-bond acceptors (Lipinski definition) is 2. The van der Waals surface area contributed by atoms with E-state index in [4.69, 9.17) is 16.7 Å². The molecule has 1 aromatic carbocycles. The second kappa shape index (κ2) is 7.31. The molecule has 0 heterocycles. The Morgan fingerprint density at radius 3 is 2.63 bits per heavy atom. The number of hydrogen-bond donors (Lipinski definition) is 1. The van der Waals surface area contributed by atoms with E-state index in [0.29, 0.717) is 24.7 Å². The van der Waals surface area contributed by atoms with Crippen LogP contribution in [0.2, 0.25) is 5.02 Å². The topological polar surface area (TPSA) is 40.5 Å². The summed E-state index contributed by atoms with van der Waals surface area (Å²) in [5, 5.41) is 9.72. The summed E-state index contributed by atoms with van der Waals surface area (Å²) in [6, 6.07) is 7.62. The third-order valence-electron chi connectivity index (χ3n) is 2.80. The molecular formula is C15H20ClNO2. The molecule has 0 aromatic heterocycles. The standard InChI is InChI=1S/C15H20ClNO2/c1-11(2)8-17(9-12(3)15(18)19)10-13-6-4-5-7-14(13)16/h4-7,12H,1,8-10H2,2-3H3,(H,18,19). The summed E-state index contributed by atoms with van der Waals surface area (Å²) in [4.78, 5) is 13.0. The summed E-state index contributed by atoms with van der Waals surface area (Å²) in [5.74, 6) is -1.20. The molecule has 1 unspecified atom stereocenters. The molecular weight excluding hydrogens is 262 g/mol. The number of aliphatic carboxylic acids is 1. The molecule has 0 fully saturated rings. The fraction of sp³-hybridized carbons (Fsp3) is 0.400. The van der Waals surface area contributed by atoms with Crippen molar-refractivity contribution in [2.24, 2.45) is 5.92 Å². The van der Waals surface area contributed by atoms with Crippen molar-refractivity contribution in [1.82, 2.24) is 4.90 Å². The van der Waals surface area contributed by atoms with Gasteiger partial charge in [-0.3, -0.25) is 9.69 Å². The molecule has 0 aliphatic carbocycles. The third-order valence-corrected chi connectivity index (χ3v) is 3.17. The molecule has 0 aliphatic heterocycles. The van der Waals surface area contributed by atoms with Gasteiger partial charge in [0, 0.05) is 24.7 Å². The van der Waals surface area contributed by atoms with Crippen LogP contribution in [0.4, 0.5) is 0 Å². The fourth-order valence-corrected chi connectivity index (χ4v) is 2.10. The molecule has 0 saturated carbocycles. The van der Waals surface area contributed by atoms with Crippen molar-refractivity contribution < 1.29 is 9.90 Å². The van der Waals surface area contributed by atoms with Crippen molar-refractivity contribution in [3.05, 3.63) is 47.0 Å². The summed E-state index contributed by atoms with van der Waals surface area (Å²) >= 11 is 6.14. The lowest BCUT2D eigenvalue weighted by Crippen LogP contribution is -2.32. The van der Waals surface area contributed by atoms with Gasteiger partial charge in [0.15, 0.2) is 0 Å². The van der Waals surface area contributed by atoms with E-state index in [1.165, 1.54) is 0 Å². The highest BCUT2D eigenvalue weighted by atomic mass is 35.5. The fourth-order valence-electron chi connectivity index (χ4n) is 1.90. The van der Waals surface area contributed by atoms with Gasteiger partial charge >= 0.3 is 5.97 Å². The molecule has 1 atom stereocenters. The zero-order valence-corrected chi connectivity index (χ0v) is 12.2. The van der Waals surface area contributed by atoms with Gasteiger partial charge < -0.3 is 5.11 Å². The van der Waals surface area contributed by atoms with Gasteiger partial charge in [-0.25, -0.2) is 0 Å². The first kappa shape index (κ1) is 15.7. The lowest BCUT2D eigenvalue weighted by Gasteiger charge is -2.24. The largest absolute Gasteiger partial charge is 0.481 e. The summed E-state index contributed by atoms with van der Waals surface area (Å²) in [5.41, 5.74) is 2.01. The Morgan fingerprint density at radius 1 is 1.47 bits per heavy atom. The van der Waals surface area contributed by atoms with Crippen molar-refractivity contribution in [1.29, 1.82) is 0 Å². The first-order chi connectivity index (χ1) is 8.90. The molecule has 0 saturated heterocycles. The molecule has 1 aromatic rings. The van der Waals surface area contributed by atoms with Crippen LogP contribution in [0.5, 0.6) is 0 Å². The van der Waals surface area contributed by atoms with Gasteiger partial charge in [-0.15, -0.1) is 0 Å². The van der Waals surface area contributed by atoms with E-state index in [1.807, 2.05) is 31.2 Å². The molecule has 4 heteroatoms. The molecule has 1 rings (SSSR count). The first-order valence-corrected chi connectivity index (χ1v) is 6.61. The monoisotopic (exact) mass is 281 g/mol. The average Bonchev–Trinajstić information content (AvgIpc) is 2.31. The van der Waals surface area contributed by atoms with Crippen molar-refractivity contribution in [2.45, 2.75) is 20.4 Å². The molecule has 19 heavy (non-hydrogen) atoms. The van der Waals surface area contributed by atoms with Crippen molar-refractivity contribution in [3.63, 3.8) is 0 Å². The number of nitrogens with zero attached hydrogens (tertiary/aromatic N) is 1. The van der Waals surface area contributed by atoms with Crippen LogP contribution in [0.15, 0.2) is 36.4 Å². The first-order valence-electron chi connectivity index (χ1n) is 6.23. The van der Waals surface area contributed by atoms with E-state index in [9.17, 15) is 4.79 Å². The van der Waals surface area contributed by atoms with E-state index in [2.05, 4.69) is 11.5 Å². The Morgan fingerprint density at radius 2 is 2.11 bits per heavy atom. The van der Waals surface area contributed by atoms with Crippen molar-refractivity contribution in [2.75, 3.05) is 13.1 Å². The van der Waals surface area contributed by atoms with Gasteiger partial charge in [0.25, 0.3) is 0 Å². The molecule has 0 amide bonds. The molecule has 0 radical (unpaired) electrons. The Hall–Kier alpha value is -1.32. The molecule has 1 N–H and O–H groups in total. The van der Waals surface area contributed by atoms with Crippen LogP contribution in [0, 0.1) is 5.92 Å². The summed E-state index contributed by atoms with van der Waals surface area (Å²) in [7, 11) is 0. The number of carboxylic acids is 1. The zero-order chi connectivity index (χ0) is 14.4. The van der Waals surface area contributed by atoms with Crippen molar-refractivity contribution >= 4 is 17.6 Å². The normalized spacial score (nSPS) is 12.4. The number of carbonyl (C=O) groups is 1. The van der Waals surface area contributed by atoms with Gasteiger partial charge in [0.1, 0.15) is 0 Å². The van der Waals surface area contributed by atoms with Crippen LogP contribution < -0.4 is 0 Å². The van der Waals surface area contributed by atoms with Crippen LogP contribution in [-0.4, -0.2) is 29.1 Å². The molecule has 0 aliphatic rings. The Labute approximate surface area is 119 Å². The molecule has 104 valence electrons. The second-order valence-electron chi connectivity index (χ2n) is 4.96. The lowest BCUT2D eigenvalue weighted by atomic mass is 10.1. The Bertz CT molecular complexity index is 459. The average molecular weight is 282 g/mol. The lowest BCUT2D eigenvalue weighted by molar-refractivity contribution is -0.141.